The number of thiophene rings is 1. The fraction of sp³-hybridized carbons (Fsp3) is 0.100. The van der Waals surface area contributed by atoms with Crippen molar-refractivity contribution in [3.63, 3.8) is 0 Å². The summed E-state index contributed by atoms with van der Waals surface area (Å²) in [5, 5.41) is 3.85. The molecule has 0 aliphatic carbocycles. The van der Waals surface area contributed by atoms with Crippen LogP contribution in [-0.2, 0) is 15.7 Å². The molecule has 0 saturated carbocycles. The first-order chi connectivity index (χ1) is 13.4. The minimum Gasteiger partial charge on any atom is -0.451 e. The van der Waals surface area contributed by atoms with Gasteiger partial charge in [0.15, 0.2) is 6.61 Å². The summed E-state index contributed by atoms with van der Waals surface area (Å²) in [7, 11) is 0. The zero-order valence-electron chi connectivity index (χ0n) is 14.3. The minimum absolute atomic E-state index is 0.315. The molecule has 1 amide bonds. The number of nitrogens with one attached hydrogen (secondary N) is 1. The van der Waals surface area contributed by atoms with Gasteiger partial charge in [-0.1, -0.05) is 42.5 Å². The minimum atomic E-state index is -4.61. The number of anilines is 1. The highest BCUT2D eigenvalue weighted by molar-refractivity contribution is 7.12. The molecule has 1 aromatic heterocycles. The molecule has 1 N–H and O–H groups in total. The molecule has 0 fully saturated rings. The molecule has 0 aliphatic heterocycles. The van der Waals surface area contributed by atoms with E-state index < -0.39 is 35.9 Å². The molecule has 1 heterocycles. The number of alkyl halides is 3. The molecule has 8 heteroatoms. The van der Waals surface area contributed by atoms with Gasteiger partial charge >= 0.3 is 12.1 Å². The number of carbonyl (C=O) groups excluding carboxylic acids is 2. The van der Waals surface area contributed by atoms with E-state index in [1.165, 1.54) is 12.1 Å². The van der Waals surface area contributed by atoms with Crippen LogP contribution < -0.4 is 5.32 Å². The first kappa shape index (κ1) is 19.6. The molecule has 0 bridgehead atoms. The quantitative estimate of drug-likeness (QED) is 0.592. The Kier molecular flexibility index (Phi) is 5.79. The van der Waals surface area contributed by atoms with Gasteiger partial charge < -0.3 is 10.1 Å². The SMILES string of the molecule is O=C(COC(=O)c1sccc1-c1ccccc1)Nc1ccccc1C(F)(F)F. The molecule has 0 aliphatic rings. The fourth-order valence-corrected chi connectivity index (χ4v) is 3.34. The summed E-state index contributed by atoms with van der Waals surface area (Å²) in [5.74, 6) is -1.57. The molecule has 0 atom stereocenters. The highest BCUT2D eigenvalue weighted by Gasteiger charge is 2.33. The molecule has 4 nitrogen and oxygen atoms in total. The highest BCUT2D eigenvalue weighted by atomic mass is 32.1. The van der Waals surface area contributed by atoms with E-state index in [-0.39, 0.29) is 0 Å². The number of halogens is 3. The Bertz CT molecular complexity index is 984. The number of esters is 1. The average Bonchev–Trinajstić information content (AvgIpc) is 3.16. The van der Waals surface area contributed by atoms with E-state index in [0.29, 0.717) is 10.4 Å². The second kappa shape index (κ2) is 8.26. The second-order valence-electron chi connectivity index (χ2n) is 5.70. The first-order valence-corrected chi connectivity index (χ1v) is 9.00. The number of ether oxygens (including phenoxy) is 1. The van der Waals surface area contributed by atoms with E-state index in [0.717, 1.165) is 29.0 Å². The van der Waals surface area contributed by atoms with Gasteiger partial charge in [0.05, 0.1) is 11.3 Å². The third-order valence-corrected chi connectivity index (χ3v) is 4.67. The zero-order valence-corrected chi connectivity index (χ0v) is 15.1. The first-order valence-electron chi connectivity index (χ1n) is 8.12. The Morgan fingerprint density at radius 1 is 0.964 bits per heavy atom. The maximum absolute atomic E-state index is 13.0. The van der Waals surface area contributed by atoms with Gasteiger partial charge in [-0.15, -0.1) is 11.3 Å². The highest BCUT2D eigenvalue weighted by Crippen LogP contribution is 2.34. The van der Waals surface area contributed by atoms with Crippen LogP contribution in [0.5, 0.6) is 0 Å². The van der Waals surface area contributed by atoms with Crippen LogP contribution in [0.2, 0.25) is 0 Å². The molecule has 3 rings (SSSR count). The van der Waals surface area contributed by atoms with E-state index in [1.54, 1.807) is 11.4 Å². The van der Waals surface area contributed by atoms with Crippen LogP contribution in [0.25, 0.3) is 11.1 Å². The van der Waals surface area contributed by atoms with Gasteiger partial charge in [0.2, 0.25) is 0 Å². The molecular weight excluding hydrogens is 391 g/mol. The molecule has 28 heavy (non-hydrogen) atoms. The fourth-order valence-electron chi connectivity index (χ4n) is 2.53. The number of benzene rings is 2. The van der Waals surface area contributed by atoms with E-state index in [4.69, 9.17) is 4.74 Å². The van der Waals surface area contributed by atoms with Crippen LogP contribution >= 0.6 is 11.3 Å². The Balaban J connectivity index is 1.65. The zero-order chi connectivity index (χ0) is 20.1. The lowest BCUT2D eigenvalue weighted by Crippen LogP contribution is -2.22. The van der Waals surface area contributed by atoms with Crippen LogP contribution in [0, 0.1) is 0 Å². The topological polar surface area (TPSA) is 55.4 Å². The van der Waals surface area contributed by atoms with Crippen LogP contribution in [0.1, 0.15) is 15.2 Å². The van der Waals surface area contributed by atoms with Crippen molar-refractivity contribution in [2.75, 3.05) is 11.9 Å². The number of rotatable bonds is 5. The van der Waals surface area contributed by atoms with Gasteiger partial charge in [0.1, 0.15) is 4.88 Å². The molecule has 2 aromatic carbocycles. The third-order valence-electron chi connectivity index (χ3n) is 3.78. The van der Waals surface area contributed by atoms with Crippen molar-refractivity contribution in [1.82, 2.24) is 0 Å². The Hall–Kier alpha value is -3.13. The summed E-state index contributed by atoms with van der Waals surface area (Å²) < 4.78 is 43.9. The van der Waals surface area contributed by atoms with E-state index in [2.05, 4.69) is 5.32 Å². The molecule has 0 spiro atoms. The lowest BCUT2D eigenvalue weighted by molar-refractivity contribution is -0.137. The number of carbonyl (C=O) groups is 2. The summed E-state index contributed by atoms with van der Waals surface area (Å²) in [6.45, 7) is -0.697. The molecule has 3 aromatic rings. The third kappa shape index (κ3) is 4.58. The molecular formula is C20H14F3NO3S. The lowest BCUT2D eigenvalue weighted by Gasteiger charge is -2.13. The summed E-state index contributed by atoms with van der Waals surface area (Å²) >= 11 is 1.16. The van der Waals surface area contributed by atoms with Crippen molar-refractivity contribution < 1.29 is 27.5 Å². The molecule has 0 radical (unpaired) electrons. The normalized spacial score (nSPS) is 11.1. The molecule has 144 valence electrons. The van der Waals surface area contributed by atoms with Gasteiger partial charge in [-0.2, -0.15) is 13.2 Å². The number of hydrogen-bond donors (Lipinski definition) is 1. The van der Waals surface area contributed by atoms with Crippen molar-refractivity contribution in [1.29, 1.82) is 0 Å². The standard InChI is InChI=1S/C20H14F3NO3S/c21-20(22,23)15-8-4-5-9-16(15)24-17(25)12-27-19(26)18-14(10-11-28-18)13-6-2-1-3-7-13/h1-11H,12H2,(H,24,25). The summed E-state index contributed by atoms with van der Waals surface area (Å²) in [4.78, 5) is 24.6. The maximum atomic E-state index is 13.0. The second-order valence-corrected chi connectivity index (χ2v) is 6.61. The summed E-state index contributed by atoms with van der Waals surface area (Å²) in [5.41, 5.74) is 0.120. The Morgan fingerprint density at radius 3 is 2.36 bits per heavy atom. The van der Waals surface area contributed by atoms with Gasteiger partial charge in [0.25, 0.3) is 5.91 Å². The van der Waals surface area contributed by atoms with Gasteiger partial charge in [-0.3, -0.25) is 4.79 Å². The smallest absolute Gasteiger partial charge is 0.418 e. The predicted octanol–water partition coefficient (Wildman–Crippen LogP) is 5.23. The van der Waals surface area contributed by atoms with Crippen molar-refractivity contribution in [2.45, 2.75) is 6.18 Å². The lowest BCUT2D eigenvalue weighted by atomic mass is 10.1. The average molecular weight is 405 g/mol. The Labute approximate surface area is 162 Å². The van der Waals surface area contributed by atoms with Crippen molar-refractivity contribution in [2.24, 2.45) is 0 Å². The predicted molar refractivity (Wildman–Crippen MR) is 100 cm³/mol. The van der Waals surface area contributed by atoms with E-state index in [9.17, 15) is 22.8 Å². The van der Waals surface area contributed by atoms with Gasteiger partial charge in [-0.05, 0) is 29.1 Å². The van der Waals surface area contributed by atoms with E-state index >= 15 is 0 Å². The van der Waals surface area contributed by atoms with Crippen molar-refractivity contribution >= 4 is 28.9 Å². The largest absolute Gasteiger partial charge is 0.451 e. The molecule has 0 saturated heterocycles. The number of para-hydroxylation sites is 1. The van der Waals surface area contributed by atoms with Crippen molar-refractivity contribution in [3.05, 3.63) is 76.5 Å². The molecule has 0 unspecified atom stereocenters. The van der Waals surface area contributed by atoms with Crippen molar-refractivity contribution in [3.8, 4) is 11.1 Å². The van der Waals surface area contributed by atoms with Crippen LogP contribution in [0.3, 0.4) is 0 Å². The van der Waals surface area contributed by atoms with Gasteiger partial charge in [-0.25, -0.2) is 4.79 Å². The van der Waals surface area contributed by atoms with Crippen LogP contribution in [0.4, 0.5) is 18.9 Å². The number of hydrogen-bond acceptors (Lipinski definition) is 4. The monoisotopic (exact) mass is 405 g/mol. The summed E-state index contributed by atoms with van der Waals surface area (Å²) in [6, 6.07) is 15.5. The van der Waals surface area contributed by atoms with Crippen LogP contribution in [-0.4, -0.2) is 18.5 Å². The maximum Gasteiger partial charge on any atom is 0.418 e. The van der Waals surface area contributed by atoms with Crippen LogP contribution in [0.15, 0.2) is 66.0 Å². The van der Waals surface area contributed by atoms with Gasteiger partial charge in [0, 0.05) is 5.56 Å². The number of amides is 1. The Morgan fingerprint density at radius 2 is 1.64 bits per heavy atom. The summed E-state index contributed by atoms with van der Waals surface area (Å²) in [6.07, 6.45) is -4.61. The van der Waals surface area contributed by atoms with E-state index in [1.807, 2.05) is 30.3 Å².